The second-order valence-corrected chi connectivity index (χ2v) is 8.62. The summed E-state index contributed by atoms with van der Waals surface area (Å²) in [6, 6.07) is 6.64. The summed E-state index contributed by atoms with van der Waals surface area (Å²) in [6.45, 7) is 1.66. The van der Waals surface area contributed by atoms with Gasteiger partial charge in [0.05, 0.1) is 36.5 Å². The topological polar surface area (TPSA) is 120 Å². The van der Waals surface area contributed by atoms with E-state index in [0.717, 1.165) is 0 Å². The van der Waals surface area contributed by atoms with Gasteiger partial charge in [-0.1, -0.05) is 18.5 Å². The van der Waals surface area contributed by atoms with Crippen molar-refractivity contribution in [3.05, 3.63) is 58.6 Å². The summed E-state index contributed by atoms with van der Waals surface area (Å²) in [7, 11) is 2.82. The number of allylic oxidation sites excluding steroid dienone is 1. The highest BCUT2D eigenvalue weighted by atomic mass is 35.5. The number of hydrogen-bond acceptors (Lipinski definition) is 9. The molecule has 2 heterocycles. The summed E-state index contributed by atoms with van der Waals surface area (Å²) < 4.78 is 16.7. The van der Waals surface area contributed by atoms with Gasteiger partial charge in [0.15, 0.2) is 17.3 Å². The smallest absolute Gasteiger partial charge is 0.231 e. The molecular formula is C25H20ClN3O6. The van der Waals surface area contributed by atoms with Gasteiger partial charge in [-0.15, -0.1) is 0 Å². The lowest BCUT2D eigenvalue weighted by Crippen LogP contribution is -2.52. The van der Waals surface area contributed by atoms with Crippen molar-refractivity contribution in [1.29, 1.82) is 0 Å². The Kier molecular flexibility index (Phi) is 5.44. The van der Waals surface area contributed by atoms with Gasteiger partial charge < -0.3 is 19.3 Å². The summed E-state index contributed by atoms with van der Waals surface area (Å²) in [6.07, 6.45) is 4.34. The predicted octanol–water partition coefficient (Wildman–Crippen LogP) is 4.44. The minimum absolute atomic E-state index is 0.0324. The maximum atomic E-state index is 13.7. The van der Waals surface area contributed by atoms with E-state index in [0.29, 0.717) is 16.7 Å². The quantitative estimate of drug-likeness (QED) is 0.530. The van der Waals surface area contributed by atoms with Gasteiger partial charge in [-0.2, -0.15) is 0 Å². The minimum atomic E-state index is -1.85. The molecule has 0 fully saturated rings. The maximum Gasteiger partial charge on any atom is 0.231 e. The minimum Gasteiger partial charge on any atom is -0.507 e. The summed E-state index contributed by atoms with van der Waals surface area (Å²) in [5, 5.41) is 11.4. The number of nitrogens with zero attached hydrogens (tertiary/aromatic N) is 3. The molecule has 5 rings (SSSR count). The molecule has 2 aliphatic rings. The molecule has 0 radical (unpaired) electrons. The maximum absolute atomic E-state index is 13.7. The van der Waals surface area contributed by atoms with Gasteiger partial charge >= 0.3 is 0 Å². The number of hydrogen-bond donors (Lipinski definition) is 1. The number of rotatable bonds is 4. The van der Waals surface area contributed by atoms with E-state index in [4.69, 9.17) is 25.8 Å². The van der Waals surface area contributed by atoms with Crippen LogP contribution < -0.4 is 14.2 Å². The first-order chi connectivity index (χ1) is 16.8. The number of carbonyl (C=O) groups is 2. The van der Waals surface area contributed by atoms with Crippen LogP contribution in [0.3, 0.4) is 0 Å². The zero-order chi connectivity index (χ0) is 24.9. The lowest BCUT2D eigenvalue weighted by Gasteiger charge is -2.36. The SMILES string of the molecule is COc1cc(OC)c2c(c1Cl)O[C@]1(C2=O)C(O)=C(C=Nc2ccc3nccnc3c2)C(=O)C[C@H]1C. The van der Waals surface area contributed by atoms with Crippen molar-refractivity contribution in [3.63, 3.8) is 0 Å². The highest BCUT2D eigenvalue weighted by Gasteiger charge is 2.60. The molecule has 0 saturated carbocycles. The standard InChI is InChI=1S/C25H20ClN3O6/c1-12-8-17(30)14(11-29-13-4-5-15-16(9-13)28-7-6-27-15)23(31)25(12)24(32)20-18(33-2)10-19(34-3)21(26)22(20)35-25/h4-7,9-12,31H,8H2,1-3H3/t12-,25+/m1/s1. The number of fused-ring (bicyclic) bond motifs is 2. The van der Waals surface area contributed by atoms with Crippen LogP contribution in [-0.2, 0) is 4.79 Å². The van der Waals surface area contributed by atoms with Crippen LogP contribution in [0.5, 0.6) is 17.2 Å². The Balaban J connectivity index is 1.61. The van der Waals surface area contributed by atoms with Crippen LogP contribution in [0.2, 0.25) is 5.02 Å². The molecular weight excluding hydrogens is 474 g/mol. The molecule has 3 aromatic rings. The molecule has 0 amide bonds. The van der Waals surface area contributed by atoms with Gasteiger partial charge in [0, 0.05) is 37.0 Å². The largest absolute Gasteiger partial charge is 0.507 e. The fraction of sp³-hybridized carbons (Fsp3) is 0.240. The molecule has 1 aliphatic carbocycles. The van der Waals surface area contributed by atoms with Gasteiger partial charge in [0.1, 0.15) is 22.1 Å². The van der Waals surface area contributed by atoms with E-state index < -0.39 is 23.1 Å². The zero-order valence-corrected chi connectivity index (χ0v) is 19.8. The Morgan fingerprint density at radius 3 is 2.57 bits per heavy atom. The number of ether oxygens (including phenoxy) is 3. The number of aliphatic hydroxyl groups excluding tert-OH is 1. The Hall–Kier alpha value is -3.98. The molecule has 2 atom stereocenters. The molecule has 0 bridgehead atoms. The van der Waals surface area contributed by atoms with E-state index in [-0.39, 0.29) is 45.6 Å². The van der Waals surface area contributed by atoms with Gasteiger partial charge in [0.25, 0.3) is 0 Å². The average Bonchev–Trinajstić information content (AvgIpc) is 3.18. The number of aliphatic imine (C=N–C) groups is 1. The number of Topliss-reactive ketones (excluding diaryl/α,β-unsaturated/α-hetero) is 2. The molecule has 9 nitrogen and oxygen atoms in total. The van der Waals surface area contributed by atoms with E-state index in [9.17, 15) is 14.7 Å². The van der Waals surface area contributed by atoms with Crippen molar-refractivity contribution in [2.75, 3.05) is 14.2 Å². The van der Waals surface area contributed by atoms with E-state index in [2.05, 4.69) is 15.0 Å². The lowest BCUT2D eigenvalue weighted by atomic mass is 9.73. The van der Waals surface area contributed by atoms with Crippen LogP contribution in [0.25, 0.3) is 11.0 Å². The van der Waals surface area contributed by atoms with E-state index in [1.807, 2.05) is 0 Å². The molecule has 35 heavy (non-hydrogen) atoms. The Morgan fingerprint density at radius 2 is 1.86 bits per heavy atom. The van der Waals surface area contributed by atoms with Crippen molar-refractivity contribution in [3.8, 4) is 17.2 Å². The van der Waals surface area contributed by atoms with Gasteiger partial charge in [0.2, 0.25) is 11.4 Å². The highest BCUT2D eigenvalue weighted by molar-refractivity contribution is 6.35. The third kappa shape index (κ3) is 3.34. The number of aliphatic hydroxyl groups is 1. The van der Waals surface area contributed by atoms with E-state index >= 15 is 0 Å². The molecule has 1 N–H and O–H groups in total. The normalized spacial score (nSPS) is 21.7. The molecule has 0 saturated heterocycles. The fourth-order valence-electron chi connectivity index (χ4n) is 4.48. The van der Waals surface area contributed by atoms with E-state index in [1.165, 1.54) is 26.5 Å². The van der Waals surface area contributed by atoms with Crippen LogP contribution in [0.15, 0.2) is 53.0 Å². The third-order valence-corrected chi connectivity index (χ3v) is 6.67. The fourth-order valence-corrected chi connectivity index (χ4v) is 4.75. The molecule has 178 valence electrons. The Morgan fingerprint density at radius 1 is 1.14 bits per heavy atom. The van der Waals surface area contributed by atoms with Crippen molar-refractivity contribution in [1.82, 2.24) is 9.97 Å². The van der Waals surface area contributed by atoms with Crippen molar-refractivity contribution < 1.29 is 28.9 Å². The number of aromatic nitrogens is 2. The van der Waals surface area contributed by atoms with Gasteiger partial charge in [-0.05, 0) is 18.2 Å². The second kappa shape index (κ2) is 8.35. The first-order valence-electron chi connectivity index (χ1n) is 10.7. The van der Waals surface area contributed by atoms with Gasteiger partial charge in [-0.25, -0.2) is 0 Å². The molecule has 1 spiro atoms. The monoisotopic (exact) mass is 493 g/mol. The molecule has 1 aromatic heterocycles. The summed E-state index contributed by atoms with van der Waals surface area (Å²) in [5.41, 5.74) is -0.0773. The predicted molar refractivity (Wildman–Crippen MR) is 128 cm³/mol. The van der Waals surface area contributed by atoms with Crippen molar-refractivity contribution in [2.45, 2.75) is 18.9 Å². The lowest BCUT2D eigenvalue weighted by molar-refractivity contribution is -0.118. The number of benzene rings is 2. The summed E-state index contributed by atoms with van der Waals surface area (Å²) in [5.74, 6) is -1.67. The number of ketones is 2. The van der Waals surface area contributed by atoms with Crippen molar-refractivity contribution in [2.24, 2.45) is 10.9 Å². The zero-order valence-electron chi connectivity index (χ0n) is 19.0. The summed E-state index contributed by atoms with van der Waals surface area (Å²) >= 11 is 6.44. The van der Waals surface area contributed by atoms with Crippen LogP contribution in [-0.4, -0.2) is 52.7 Å². The highest BCUT2D eigenvalue weighted by Crippen LogP contribution is 2.54. The number of methoxy groups -OCH3 is 2. The van der Waals surface area contributed by atoms with Crippen LogP contribution in [0, 0.1) is 5.92 Å². The third-order valence-electron chi connectivity index (χ3n) is 6.31. The first kappa shape index (κ1) is 22.8. The first-order valence-corrected chi connectivity index (χ1v) is 11.1. The van der Waals surface area contributed by atoms with Crippen LogP contribution in [0.1, 0.15) is 23.7 Å². The average molecular weight is 494 g/mol. The van der Waals surface area contributed by atoms with Crippen LogP contribution >= 0.6 is 11.6 Å². The van der Waals surface area contributed by atoms with Crippen molar-refractivity contribution >= 4 is 46.1 Å². The van der Waals surface area contributed by atoms with Gasteiger partial charge in [-0.3, -0.25) is 24.5 Å². The number of carbonyl (C=O) groups excluding carboxylic acids is 2. The van der Waals surface area contributed by atoms with Crippen LogP contribution in [0.4, 0.5) is 5.69 Å². The molecule has 2 aromatic carbocycles. The number of halogens is 1. The second-order valence-electron chi connectivity index (χ2n) is 8.24. The Bertz CT molecular complexity index is 1470. The molecule has 0 unspecified atom stereocenters. The molecule has 1 aliphatic heterocycles. The van der Waals surface area contributed by atoms with E-state index in [1.54, 1.807) is 37.5 Å². The molecule has 10 heteroatoms. The summed E-state index contributed by atoms with van der Waals surface area (Å²) in [4.78, 5) is 39.4. The Labute approximate surface area is 205 Å².